The van der Waals surface area contributed by atoms with Gasteiger partial charge in [-0.2, -0.15) is 0 Å². The molecule has 0 aromatic heterocycles. The molecule has 1 nitrogen and oxygen atoms in total. The number of benzene rings is 2. The molecule has 0 spiro atoms. The Morgan fingerprint density at radius 3 is 2.25 bits per heavy atom. The topological polar surface area (TPSA) is 12.0 Å². The van der Waals surface area contributed by atoms with Gasteiger partial charge in [0.2, 0.25) is 0 Å². The van der Waals surface area contributed by atoms with Crippen LogP contribution in [-0.2, 0) is 0 Å². The van der Waals surface area contributed by atoms with Gasteiger partial charge in [-0.05, 0) is 31.5 Å². The summed E-state index contributed by atoms with van der Waals surface area (Å²) in [4.78, 5) is 0. The zero-order chi connectivity index (χ0) is 14.7. The SMILES string of the molecule is CC(NC(C)c1c(Cl)ccc(F)c1Cl)c1ccccc1. The summed E-state index contributed by atoms with van der Waals surface area (Å²) in [6.07, 6.45) is 0. The van der Waals surface area contributed by atoms with Crippen molar-refractivity contribution in [2.45, 2.75) is 25.9 Å². The van der Waals surface area contributed by atoms with Gasteiger partial charge < -0.3 is 5.32 Å². The molecule has 2 aromatic rings. The molecule has 2 atom stereocenters. The van der Waals surface area contributed by atoms with Crippen molar-refractivity contribution in [3.8, 4) is 0 Å². The van der Waals surface area contributed by atoms with E-state index < -0.39 is 5.82 Å². The first-order valence-electron chi connectivity index (χ1n) is 6.45. The highest BCUT2D eigenvalue weighted by molar-refractivity contribution is 6.36. The molecule has 20 heavy (non-hydrogen) atoms. The molecule has 4 heteroatoms. The second kappa shape index (κ2) is 6.57. The summed E-state index contributed by atoms with van der Waals surface area (Å²) in [5.41, 5.74) is 1.75. The minimum absolute atomic E-state index is 0.0813. The number of halogens is 3. The summed E-state index contributed by atoms with van der Waals surface area (Å²) >= 11 is 12.2. The van der Waals surface area contributed by atoms with Gasteiger partial charge in [0.1, 0.15) is 5.82 Å². The van der Waals surface area contributed by atoms with Crippen LogP contribution in [-0.4, -0.2) is 0 Å². The lowest BCUT2D eigenvalue weighted by Crippen LogP contribution is -2.23. The van der Waals surface area contributed by atoms with Crippen LogP contribution >= 0.6 is 23.2 Å². The molecule has 2 aromatic carbocycles. The van der Waals surface area contributed by atoms with Gasteiger partial charge in [0.15, 0.2) is 0 Å². The van der Waals surface area contributed by atoms with Crippen LogP contribution in [0.5, 0.6) is 0 Å². The molecular weight excluding hydrogens is 296 g/mol. The normalized spacial score (nSPS) is 14.1. The zero-order valence-corrected chi connectivity index (χ0v) is 12.8. The maximum absolute atomic E-state index is 13.6. The number of nitrogens with one attached hydrogen (secondary N) is 1. The molecule has 0 amide bonds. The van der Waals surface area contributed by atoms with E-state index in [1.165, 1.54) is 12.1 Å². The lowest BCUT2D eigenvalue weighted by atomic mass is 10.0. The van der Waals surface area contributed by atoms with Gasteiger partial charge in [0.05, 0.1) is 5.02 Å². The third-order valence-electron chi connectivity index (χ3n) is 3.31. The van der Waals surface area contributed by atoms with Gasteiger partial charge >= 0.3 is 0 Å². The lowest BCUT2D eigenvalue weighted by Gasteiger charge is -2.22. The minimum atomic E-state index is -0.452. The summed E-state index contributed by atoms with van der Waals surface area (Å²) in [6, 6.07) is 12.8. The van der Waals surface area contributed by atoms with E-state index >= 15 is 0 Å². The fourth-order valence-corrected chi connectivity index (χ4v) is 2.93. The standard InChI is InChI=1S/C16H16Cl2FN/c1-10(12-6-4-3-5-7-12)20-11(2)15-13(17)8-9-14(19)16(15)18/h3-11,20H,1-2H3. The predicted molar refractivity (Wildman–Crippen MR) is 82.8 cm³/mol. The monoisotopic (exact) mass is 311 g/mol. The summed E-state index contributed by atoms with van der Waals surface area (Å²) in [5.74, 6) is -0.452. The molecule has 0 bridgehead atoms. The Bertz CT molecular complexity index is 587. The highest BCUT2D eigenvalue weighted by Gasteiger charge is 2.18. The van der Waals surface area contributed by atoms with Crippen molar-refractivity contribution < 1.29 is 4.39 Å². The van der Waals surface area contributed by atoms with Crippen molar-refractivity contribution >= 4 is 23.2 Å². The molecule has 0 saturated heterocycles. The molecular formula is C16H16Cl2FN. The van der Waals surface area contributed by atoms with E-state index in [4.69, 9.17) is 23.2 Å². The third kappa shape index (κ3) is 3.32. The molecule has 0 saturated carbocycles. The Balaban J connectivity index is 2.21. The lowest BCUT2D eigenvalue weighted by molar-refractivity contribution is 0.492. The van der Waals surface area contributed by atoms with E-state index in [2.05, 4.69) is 5.32 Å². The van der Waals surface area contributed by atoms with Crippen LogP contribution in [0.3, 0.4) is 0 Å². The Hall–Kier alpha value is -1.09. The first kappa shape index (κ1) is 15.3. The second-order valence-electron chi connectivity index (χ2n) is 4.78. The van der Waals surface area contributed by atoms with Crippen LogP contribution in [0.2, 0.25) is 10.0 Å². The molecule has 1 N–H and O–H groups in total. The molecule has 0 radical (unpaired) electrons. The Morgan fingerprint density at radius 1 is 0.950 bits per heavy atom. The summed E-state index contributed by atoms with van der Waals surface area (Å²) in [5, 5.41) is 3.94. The van der Waals surface area contributed by atoms with Crippen molar-refractivity contribution in [3.63, 3.8) is 0 Å². The molecule has 0 aliphatic carbocycles. The van der Waals surface area contributed by atoms with Crippen LogP contribution in [0.1, 0.15) is 37.1 Å². The fraction of sp³-hybridized carbons (Fsp3) is 0.250. The molecule has 0 aliphatic heterocycles. The quantitative estimate of drug-likeness (QED) is 0.730. The predicted octanol–water partition coefficient (Wildman–Crippen LogP) is 5.54. The second-order valence-corrected chi connectivity index (χ2v) is 5.56. The largest absolute Gasteiger partial charge is 0.304 e. The van der Waals surface area contributed by atoms with Gasteiger partial charge in [0.25, 0.3) is 0 Å². The molecule has 0 fully saturated rings. The van der Waals surface area contributed by atoms with E-state index in [-0.39, 0.29) is 17.1 Å². The molecule has 0 heterocycles. The smallest absolute Gasteiger partial charge is 0.142 e. The van der Waals surface area contributed by atoms with Gasteiger partial charge in [0, 0.05) is 22.7 Å². The Morgan fingerprint density at radius 2 is 1.60 bits per heavy atom. The van der Waals surface area contributed by atoms with Gasteiger partial charge in [-0.1, -0.05) is 53.5 Å². The first-order chi connectivity index (χ1) is 9.50. The summed E-state index contributed by atoms with van der Waals surface area (Å²) in [6.45, 7) is 3.97. The van der Waals surface area contributed by atoms with Gasteiger partial charge in [-0.25, -0.2) is 4.39 Å². The van der Waals surface area contributed by atoms with Crippen LogP contribution in [0.4, 0.5) is 4.39 Å². The summed E-state index contributed by atoms with van der Waals surface area (Å²) < 4.78 is 13.6. The van der Waals surface area contributed by atoms with E-state index in [0.717, 1.165) is 5.56 Å². The van der Waals surface area contributed by atoms with E-state index in [0.29, 0.717) is 10.6 Å². The Kier molecular flexibility index (Phi) is 5.03. The molecule has 2 rings (SSSR count). The maximum Gasteiger partial charge on any atom is 0.142 e. The molecule has 2 unspecified atom stereocenters. The molecule has 0 aliphatic rings. The third-order valence-corrected chi connectivity index (χ3v) is 4.03. The van der Waals surface area contributed by atoms with Gasteiger partial charge in [-0.3, -0.25) is 0 Å². The van der Waals surface area contributed by atoms with Crippen LogP contribution in [0, 0.1) is 5.82 Å². The van der Waals surface area contributed by atoms with Gasteiger partial charge in [-0.15, -0.1) is 0 Å². The average molecular weight is 312 g/mol. The van der Waals surface area contributed by atoms with Crippen molar-refractivity contribution in [1.82, 2.24) is 5.32 Å². The number of rotatable bonds is 4. The van der Waals surface area contributed by atoms with Crippen molar-refractivity contribution in [1.29, 1.82) is 0 Å². The highest BCUT2D eigenvalue weighted by Crippen LogP contribution is 2.33. The van der Waals surface area contributed by atoms with Crippen LogP contribution in [0.25, 0.3) is 0 Å². The van der Waals surface area contributed by atoms with E-state index in [9.17, 15) is 4.39 Å². The maximum atomic E-state index is 13.6. The number of hydrogen-bond donors (Lipinski definition) is 1. The van der Waals surface area contributed by atoms with E-state index in [1.807, 2.05) is 44.2 Å². The highest BCUT2D eigenvalue weighted by atomic mass is 35.5. The summed E-state index contributed by atoms with van der Waals surface area (Å²) in [7, 11) is 0. The minimum Gasteiger partial charge on any atom is -0.304 e. The Labute approximate surface area is 128 Å². The van der Waals surface area contributed by atoms with E-state index in [1.54, 1.807) is 0 Å². The average Bonchev–Trinajstić information content (AvgIpc) is 2.44. The zero-order valence-electron chi connectivity index (χ0n) is 11.3. The first-order valence-corrected chi connectivity index (χ1v) is 7.20. The molecule has 106 valence electrons. The van der Waals surface area contributed by atoms with Crippen LogP contribution in [0.15, 0.2) is 42.5 Å². The number of hydrogen-bond acceptors (Lipinski definition) is 1. The van der Waals surface area contributed by atoms with Crippen molar-refractivity contribution in [2.24, 2.45) is 0 Å². The fourth-order valence-electron chi connectivity index (χ4n) is 2.24. The van der Waals surface area contributed by atoms with Crippen molar-refractivity contribution in [2.75, 3.05) is 0 Å². The van der Waals surface area contributed by atoms with Crippen LogP contribution < -0.4 is 5.32 Å². The van der Waals surface area contributed by atoms with Crippen molar-refractivity contribution in [3.05, 3.63) is 69.5 Å².